The number of aliphatic hydroxyl groups excluding tert-OH is 1. The minimum atomic E-state index is -0.596. The zero-order valence-electron chi connectivity index (χ0n) is 8.01. The van der Waals surface area contributed by atoms with Gasteiger partial charge in [-0.3, -0.25) is 0 Å². The number of hydrogen-bond acceptors (Lipinski definition) is 3. The van der Waals surface area contributed by atoms with E-state index in [1.54, 1.807) is 6.20 Å². The lowest BCUT2D eigenvalue weighted by molar-refractivity contribution is 0.186. The summed E-state index contributed by atoms with van der Waals surface area (Å²) in [6.07, 6.45) is 3.07. The molecule has 2 rings (SSSR count). The Balaban J connectivity index is 2.54. The molecule has 4 nitrogen and oxygen atoms in total. The Hall–Kier alpha value is -1.39. The van der Waals surface area contributed by atoms with E-state index in [1.807, 2.05) is 29.7 Å². The molecule has 0 saturated heterocycles. The molecule has 2 aromatic rings. The SMILES string of the molecule is Cc1ncc2ccc(C(O)CN)cn12. The zero-order chi connectivity index (χ0) is 10.1. The Bertz CT molecular complexity index is 450. The van der Waals surface area contributed by atoms with Crippen molar-refractivity contribution in [3.8, 4) is 0 Å². The highest BCUT2D eigenvalue weighted by atomic mass is 16.3. The van der Waals surface area contributed by atoms with Crippen molar-refractivity contribution in [1.29, 1.82) is 0 Å². The van der Waals surface area contributed by atoms with Crippen molar-refractivity contribution in [3.63, 3.8) is 0 Å². The fourth-order valence-electron chi connectivity index (χ4n) is 1.47. The van der Waals surface area contributed by atoms with Gasteiger partial charge in [0.15, 0.2) is 0 Å². The highest BCUT2D eigenvalue weighted by molar-refractivity contribution is 5.47. The molecule has 0 aliphatic rings. The molecule has 0 aromatic carbocycles. The molecular weight excluding hydrogens is 178 g/mol. The van der Waals surface area contributed by atoms with Crippen LogP contribution in [0.15, 0.2) is 24.5 Å². The van der Waals surface area contributed by atoms with Gasteiger partial charge in [-0.05, 0) is 18.6 Å². The van der Waals surface area contributed by atoms with E-state index in [0.717, 1.165) is 16.9 Å². The van der Waals surface area contributed by atoms with Crippen LogP contribution in [0.3, 0.4) is 0 Å². The van der Waals surface area contributed by atoms with Crippen molar-refractivity contribution in [2.45, 2.75) is 13.0 Å². The largest absolute Gasteiger partial charge is 0.387 e. The fraction of sp³-hybridized carbons (Fsp3) is 0.300. The number of aryl methyl sites for hydroxylation is 1. The number of aliphatic hydroxyl groups is 1. The van der Waals surface area contributed by atoms with E-state index in [-0.39, 0.29) is 6.54 Å². The van der Waals surface area contributed by atoms with Crippen LogP contribution in [0.1, 0.15) is 17.5 Å². The van der Waals surface area contributed by atoms with Gasteiger partial charge in [-0.25, -0.2) is 4.98 Å². The summed E-state index contributed by atoms with van der Waals surface area (Å²) in [7, 11) is 0. The molecule has 2 aromatic heterocycles. The number of imidazole rings is 1. The highest BCUT2D eigenvalue weighted by Crippen LogP contribution is 2.14. The first-order chi connectivity index (χ1) is 6.72. The first-order valence-electron chi connectivity index (χ1n) is 4.54. The molecule has 4 heteroatoms. The minimum Gasteiger partial charge on any atom is -0.387 e. The number of aromatic nitrogens is 2. The molecule has 0 spiro atoms. The number of nitrogens with zero attached hydrogens (tertiary/aromatic N) is 2. The van der Waals surface area contributed by atoms with Gasteiger partial charge in [0.2, 0.25) is 0 Å². The van der Waals surface area contributed by atoms with E-state index >= 15 is 0 Å². The summed E-state index contributed by atoms with van der Waals surface area (Å²) in [6, 6.07) is 3.79. The van der Waals surface area contributed by atoms with Gasteiger partial charge in [-0.15, -0.1) is 0 Å². The molecule has 0 aliphatic carbocycles. The van der Waals surface area contributed by atoms with Crippen LogP contribution >= 0.6 is 0 Å². The fourth-order valence-corrected chi connectivity index (χ4v) is 1.47. The van der Waals surface area contributed by atoms with Crippen LogP contribution in [-0.4, -0.2) is 21.0 Å². The maximum Gasteiger partial charge on any atom is 0.110 e. The van der Waals surface area contributed by atoms with Gasteiger partial charge in [0, 0.05) is 12.7 Å². The maximum atomic E-state index is 9.56. The second-order valence-corrected chi connectivity index (χ2v) is 3.31. The van der Waals surface area contributed by atoms with Crippen molar-refractivity contribution in [3.05, 3.63) is 35.9 Å². The number of rotatable bonds is 2. The Labute approximate surface area is 82.0 Å². The van der Waals surface area contributed by atoms with Gasteiger partial charge >= 0.3 is 0 Å². The van der Waals surface area contributed by atoms with Crippen molar-refractivity contribution in [1.82, 2.24) is 9.38 Å². The van der Waals surface area contributed by atoms with Gasteiger partial charge < -0.3 is 15.2 Å². The van der Waals surface area contributed by atoms with Gasteiger partial charge in [-0.1, -0.05) is 6.07 Å². The normalized spacial score (nSPS) is 13.4. The minimum absolute atomic E-state index is 0.235. The smallest absolute Gasteiger partial charge is 0.110 e. The van der Waals surface area contributed by atoms with E-state index in [2.05, 4.69) is 4.98 Å². The second kappa shape index (κ2) is 3.40. The molecular formula is C10H13N3O. The average Bonchev–Trinajstić information content (AvgIpc) is 2.59. The van der Waals surface area contributed by atoms with Gasteiger partial charge in [0.1, 0.15) is 5.82 Å². The third-order valence-corrected chi connectivity index (χ3v) is 2.34. The van der Waals surface area contributed by atoms with Crippen LogP contribution in [0.5, 0.6) is 0 Å². The monoisotopic (exact) mass is 191 g/mol. The first-order valence-corrected chi connectivity index (χ1v) is 4.54. The van der Waals surface area contributed by atoms with Gasteiger partial charge in [0.05, 0.1) is 17.8 Å². The second-order valence-electron chi connectivity index (χ2n) is 3.31. The summed E-state index contributed by atoms with van der Waals surface area (Å²) < 4.78 is 1.94. The molecule has 0 saturated carbocycles. The lowest BCUT2D eigenvalue weighted by Gasteiger charge is -2.08. The lowest BCUT2D eigenvalue weighted by Crippen LogP contribution is -2.12. The molecule has 0 aliphatic heterocycles. The number of nitrogens with two attached hydrogens (primary N) is 1. The summed E-state index contributed by atoms with van der Waals surface area (Å²) in [6.45, 7) is 2.16. The molecule has 0 radical (unpaired) electrons. The van der Waals surface area contributed by atoms with Crippen LogP contribution < -0.4 is 5.73 Å². The van der Waals surface area contributed by atoms with E-state index < -0.39 is 6.10 Å². The molecule has 1 unspecified atom stereocenters. The van der Waals surface area contributed by atoms with Crippen molar-refractivity contribution in [2.75, 3.05) is 6.54 Å². The predicted octanol–water partition coefficient (Wildman–Crippen LogP) is 0.635. The summed E-state index contributed by atoms with van der Waals surface area (Å²) >= 11 is 0. The predicted molar refractivity (Wildman–Crippen MR) is 53.9 cm³/mol. The van der Waals surface area contributed by atoms with Crippen LogP contribution in [0.4, 0.5) is 0 Å². The molecule has 0 amide bonds. The van der Waals surface area contributed by atoms with Crippen LogP contribution in [0, 0.1) is 6.92 Å². The van der Waals surface area contributed by atoms with Crippen LogP contribution in [-0.2, 0) is 0 Å². The van der Waals surface area contributed by atoms with Gasteiger partial charge in [-0.2, -0.15) is 0 Å². The van der Waals surface area contributed by atoms with Crippen molar-refractivity contribution < 1.29 is 5.11 Å². The first kappa shape index (κ1) is 9.18. The molecule has 0 bridgehead atoms. The maximum absolute atomic E-state index is 9.56. The average molecular weight is 191 g/mol. The molecule has 14 heavy (non-hydrogen) atoms. The third kappa shape index (κ3) is 1.38. The van der Waals surface area contributed by atoms with E-state index in [0.29, 0.717) is 0 Å². The van der Waals surface area contributed by atoms with E-state index in [9.17, 15) is 5.11 Å². The van der Waals surface area contributed by atoms with Crippen molar-refractivity contribution >= 4 is 5.52 Å². The quantitative estimate of drug-likeness (QED) is 0.732. The Morgan fingerprint density at radius 2 is 2.36 bits per heavy atom. The summed E-state index contributed by atoms with van der Waals surface area (Å²) in [4.78, 5) is 4.17. The third-order valence-electron chi connectivity index (χ3n) is 2.34. The molecule has 3 N–H and O–H groups in total. The van der Waals surface area contributed by atoms with Crippen LogP contribution in [0.25, 0.3) is 5.52 Å². The Morgan fingerprint density at radius 1 is 1.57 bits per heavy atom. The Kier molecular flexibility index (Phi) is 2.23. The zero-order valence-corrected chi connectivity index (χ0v) is 8.01. The molecule has 0 fully saturated rings. The topological polar surface area (TPSA) is 63.5 Å². The number of hydrogen-bond donors (Lipinski definition) is 2. The standard InChI is InChI=1S/C10H13N3O/c1-7-12-5-9-3-2-8(6-13(7)9)10(14)4-11/h2-3,5-6,10,14H,4,11H2,1H3. The summed E-state index contributed by atoms with van der Waals surface area (Å²) in [5, 5.41) is 9.56. The summed E-state index contributed by atoms with van der Waals surface area (Å²) in [5.74, 6) is 0.908. The molecule has 2 heterocycles. The highest BCUT2D eigenvalue weighted by Gasteiger charge is 2.06. The number of pyridine rings is 1. The van der Waals surface area contributed by atoms with Crippen LogP contribution in [0.2, 0.25) is 0 Å². The van der Waals surface area contributed by atoms with E-state index in [1.165, 1.54) is 0 Å². The van der Waals surface area contributed by atoms with Gasteiger partial charge in [0.25, 0.3) is 0 Å². The summed E-state index contributed by atoms with van der Waals surface area (Å²) in [5.41, 5.74) is 7.23. The van der Waals surface area contributed by atoms with Crippen molar-refractivity contribution in [2.24, 2.45) is 5.73 Å². The van der Waals surface area contributed by atoms with E-state index in [4.69, 9.17) is 5.73 Å². The lowest BCUT2D eigenvalue weighted by atomic mass is 10.1. The molecule has 1 atom stereocenters. The number of fused-ring (bicyclic) bond motifs is 1. The Morgan fingerprint density at radius 3 is 3.07 bits per heavy atom. The molecule has 74 valence electrons.